The van der Waals surface area contributed by atoms with E-state index in [0.717, 1.165) is 12.8 Å². The molecule has 0 saturated carbocycles. The summed E-state index contributed by atoms with van der Waals surface area (Å²) in [7, 11) is 0. The van der Waals surface area contributed by atoms with Gasteiger partial charge in [0.1, 0.15) is 0 Å². The first-order valence-corrected chi connectivity index (χ1v) is 5.92. The van der Waals surface area contributed by atoms with Gasteiger partial charge in [0, 0.05) is 13.0 Å². The van der Waals surface area contributed by atoms with Crippen LogP contribution < -0.4 is 5.32 Å². The Bertz CT molecular complexity index is 180. The van der Waals surface area contributed by atoms with Crippen molar-refractivity contribution in [3.8, 4) is 0 Å². The van der Waals surface area contributed by atoms with Gasteiger partial charge in [0.2, 0.25) is 5.91 Å². The fourth-order valence-corrected chi connectivity index (χ4v) is 1.44. The first kappa shape index (κ1) is 14.4. The molecule has 0 aromatic rings. The standard InChI is InChI=1S/C12H25NO2/c1-5-6-10(4)7-12(15)13-8-11(14)9(2)3/h9-11,14H,5-8H2,1-4H3,(H,13,15). The Morgan fingerprint density at radius 1 is 1.33 bits per heavy atom. The molecular formula is C12H25NO2. The van der Waals surface area contributed by atoms with Crippen LogP contribution in [0.5, 0.6) is 0 Å². The molecule has 0 saturated heterocycles. The molecule has 0 fully saturated rings. The molecule has 90 valence electrons. The largest absolute Gasteiger partial charge is 0.391 e. The fraction of sp³-hybridized carbons (Fsp3) is 0.917. The molecule has 15 heavy (non-hydrogen) atoms. The zero-order chi connectivity index (χ0) is 11.8. The molecule has 0 heterocycles. The van der Waals surface area contributed by atoms with Crippen molar-refractivity contribution >= 4 is 5.91 Å². The molecular weight excluding hydrogens is 190 g/mol. The molecule has 0 aliphatic carbocycles. The summed E-state index contributed by atoms with van der Waals surface area (Å²) in [5.74, 6) is 0.681. The third kappa shape index (κ3) is 7.37. The van der Waals surface area contributed by atoms with E-state index in [4.69, 9.17) is 0 Å². The van der Waals surface area contributed by atoms with Crippen LogP contribution in [0.3, 0.4) is 0 Å². The predicted molar refractivity (Wildman–Crippen MR) is 62.5 cm³/mol. The number of amides is 1. The summed E-state index contributed by atoms with van der Waals surface area (Å²) in [5.41, 5.74) is 0. The molecule has 3 heteroatoms. The summed E-state index contributed by atoms with van der Waals surface area (Å²) in [6.07, 6.45) is 2.33. The highest BCUT2D eigenvalue weighted by atomic mass is 16.3. The van der Waals surface area contributed by atoms with E-state index in [1.807, 2.05) is 13.8 Å². The van der Waals surface area contributed by atoms with Crippen molar-refractivity contribution in [1.82, 2.24) is 5.32 Å². The van der Waals surface area contributed by atoms with Gasteiger partial charge in [-0.25, -0.2) is 0 Å². The summed E-state index contributed by atoms with van der Waals surface area (Å²) in [6, 6.07) is 0. The Morgan fingerprint density at radius 3 is 2.40 bits per heavy atom. The van der Waals surface area contributed by atoms with Gasteiger partial charge in [-0.15, -0.1) is 0 Å². The molecule has 1 amide bonds. The predicted octanol–water partition coefficient (Wildman–Crippen LogP) is 1.95. The molecule has 0 radical (unpaired) electrons. The van der Waals surface area contributed by atoms with E-state index in [9.17, 15) is 9.90 Å². The first-order chi connectivity index (χ1) is 6.97. The Balaban J connectivity index is 3.66. The van der Waals surface area contributed by atoms with Crippen molar-refractivity contribution < 1.29 is 9.90 Å². The molecule has 0 aliphatic rings. The van der Waals surface area contributed by atoms with Gasteiger partial charge in [-0.3, -0.25) is 4.79 Å². The van der Waals surface area contributed by atoms with E-state index in [0.29, 0.717) is 18.9 Å². The number of aliphatic hydroxyl groups is 1. The average molecular weight is 215 g/mol. The zero-order valence-corrected chi connectivity index (χ0v) is 10.4. The summed E-state index contributed by atoms with van der Waals surface area (Å²) in [5, 5.41) is 12.3. The van der Waals surface area contributed by atoms with Crippen LogP contribution in [-0.4, -0.2) is 23.7 Å². The molecule has 3 nitrogen and oxygen atoms in total. The Morgan fingerprint density at radius 2 is 1.93 bits per heavy atom. The van der Waals surface area contributed by atoms with E-state index >= 15 is 0 Å². The van der Waals surface area contributed by atoms with Crippen LogP contribution in [0, 0.1) is 11.8 Å². The van der Waals surface area contributed by atoms with Crippen molar-refractivity contribution in [2.45, 2.75) is 53.1 Å². The topological polar surface area (TPSA) is 49.3 Å². The number of rotatable bonds is 7. The van der Waals surface area contributed by atoms with E-state index < -0.39 is 6.10 Å². The number of nitrogens with one attached hydrogen (secondary N) is 1. The van der Waals surface area contributed by atoms with Crippen LogP contribution in [0.2, 0.25) is 0 Å². The third-order valence-electron chi connectivity index (χ3n) is 2.59. The van der Waals surface area contributed by atoms with Gasteiger partial charge in [0.05, 0.1) is 6.10 Å². The van der Waals surface area contributed by atoms with Crippen molar-refractivity contribution in [2.75, 3.05) is 6.54 Å². The number of aliphatic hydroxyl groups excluding tert-OH is 1. The molecule has 2 unspecified atom stereocenters. The van der Waals surface area contributed by atoms with E-state index in [1.54, 1.807) is 0 Å². The lowest BCUT2D eigenvalue weighted by molar-refractivity contribution is -0.122. The highest BCUT2D eigenvalue weighted by molar-refractivity contribution is 5.76. The van der Waals surface area contributed by atoms with Crippen LogP contribution in [0.25, 0.3) is 0 Å². The highest BCUT2D eigenvalue weighted by Gasteiger charge is 2.12. The normalized spacial score (nSPS) is 15.1. The molecule has 0 aromatic heterocycles. The van der Waals surface area contributed by atoms with Crippen LogP contribution in [-0.2, 0) is 4.79 Å². The summed E-state index contributed by atoms with van der Waals surface area (Å²) >= 11 is 0. The van der Waals surface area contributed by atoms with Gasteiger partial charge in [0.25, 0.3) is 0 Å². The Hall–Kier alpha value is -0.570. The fourth-order valence-electron chi connectivity index (χ4n) is 1.44. The lowest BCUT2D eigenvalue weighted by Gasteiger charge is -2.16. The minimum Gasteiger partial charge on any atom is -0.391 e. The number of carbonyl (C=O) groups is 1. The van der Waals surface area contributed by atoms with Crippen LogP contribution in [0.1, 0.15) is 47.0 Å². The van der Waals surface area contributed by atoms with Crippen molar-refractivity contribution in [2.24, 2.45) is 11.8 Å². The number of carbonyl (C=O) groups excluding carboxylic acids is 1. The van der Waals surface area contributed by atoms with Crippen LogP contribution in [0.15, 0.2) is 0 Å². The monoisotopic (exact) mass is 215 g/mol. The van der Waals surface area contributed by atoms with E-state index in [2.05, 4.69) is 19.2 Å². The number of hydrogen-bond acceptors (Lipinski definition) is 2. The quantitative estimate of drug-likeness (QED) is 0.682. The van der Waals surface area contributed by atoms with Crippen LogP contribution in [0.4, 0.5) is 0 Å². The maximum atomic E-state index is 11.4. The molecule has 0 aliphatic heterocycles. The summed E-state index contributed by atoms with van der Waals surface area (Å²) in [4.78, 5) is 11.4. The molecule has 0 spiro atoms. The lowest BCUT2D eigenvalue weighted by atomic mass is 10.0. The van der Waals surface area contributed by atoms with E-state index in [1.165, 1.54) is 0 Å². The van der Waals surface area contributed by atoms with Gasteiger partial charge in [-0.05, 0) is 11.8 Å². The zero-order valence-electron chi connectivity index (χ0n) is 10.4. The molecule has 2 atom stereocenters. The smallest absolute Gasteiger partial charge is 0.220 e. The van der Waals surface area contributed by atoms with Gasteiger partial charge in [-0.1, -0.05) is 40.5 Å². The highest BCUT2D eigenvalue weighted by Crippen LogP contribution is 2.09. The van der Waals surface area contributed by atoms with E-state index in [-0.39, 0.29) is 11.8 Å². The van der Waals surface area contributed by atoms with Gasteiger partial charge < -0.3 is 10.4 Å². The maximum Gasteiger partial charge on any atom is 0.220 e. The lowest BCUT2D eigenvalue weighted by Crippen LogP contribution is -2.35. The van der Waals surface area contributed by atoms with Gasteiger partial charge >= 0.3 is 0 Å². The van der Waals surface area contributed by atoms with Crippen molar-refractivity contribution in [3.63, 3.8) is 0 Å². The third-order valence-corrected chi connectivity index (χ3v) is 2.59. The second-order valence-corrected chi connectivity index (χ2v) is 4.71. The summed E-state index contributed by atoms with van der Waals surface area (Å²) < 4.78 is 0. The summed E-state index contributed by atoms with van der Waals surface area (Å²) in [6.45, 7) is 8.46. The van der Waals surface area contributed by atoms with Crippen molar-refractivity contribution in [1.29, 1.82) is 0 Å². The van der Waals surface area contributed by atoms with Gasteiger partial charge in [-0.2, -0.15) is 0 Å². The minimum absolute atomic E-state index is 0.0515. The molecule has 0 rings (SSSR count). The van der Waals surface area contributed by atoms with Crippen LogP contribution >= 0.6 is 0 Å². The Labute approximate surface area is 93.3 Å². The molecule has 0 aromatic carbocycles. The maximum absolute atomic E-state index is 11.4. The first-order valence-electron chi connectivity index (χ1n) is 5.92. The average Bonchev–Trinajstić information content (AvgIpc) is 2.14. The Kier molecular flexibility index (Phi) is 7.39. The SMILES string of the molecule is CCCC(C)CC(=O)NCC(O)C(C)C. The van der Waals surface area contributed by atoms with Crippen molar-refractivity contribution in [3.05, 3.63) is 0 Å². The second kappa shape index (κ2) is 7.69. The molecule has 2 N–H and O–H groups in total. The second-order valence-electron chi connectivity index (χ2n) is 4.71. The minimum atomic E-state index is -0.435. The molecule has 0 bridgehead atoms. The van der Waals surface area contributed by atoms with Gasteiger partial charge in [0.15, 0.2) is 0 Å². The number of hydrogen-bond donors (Lipinski definition) is 2.